The van der Waals surface area contributed by atoms with E-state index in [2.05, 4.69) is 87.8 Å². The molecule has 0 amide bonds. The maximum Gasteiger partial charge on any atom is 0.330 e. The molecule has 0 aromatic heterocycles. The van der Waals surface area contributed by atoms with Gasteiger partial charge in [-0.1, -0.05) is 69.3 Å². The minimum Gasteiger partial charge on any atom is -0.361 e. The maximum atomic E-state index is 9.98. The minimum atomic E-state index is -1.55. The van der Waals surface area contributed by atoms with E-state index in [0.29, 0.717) is 5.71 Å². The molecule has 2 rings (SSSR count). The van der Waals surface area contributed by atoms with Crippen LogP contribution in [0.5, 0.6) is 0 Å². The fraction of sp³-hybridized carbons (Fsp3) is 0.346. The zero-order valence-corrected chi connectivity index (χ0v) is 21.8. The van der Waals surface area contributed by atoms with Gasteiger partial charge in [-0.25, -0.2) is 0 Å². The van der Waals surface area contributed by atoms with E-state index in [1.807, 2.05) is 30.3 Å². The molecular formula is C26H32N2Si2. The third-order valence-corrected chi connectivity index (χ3v) is 6.51. The third-order valence-electron chi connectivity index (χ3n) is 4.76. The first-order chi connectivity index (χ1) is 13.9. The van der Waals surface area contributed by atoms with Gasteiger partial charge in [0.25, 0.3) is 0 Å². The highest BCUT2D eigenvalue weighted by molar-refractivity contribution is 6.84. The summed E-state index contributed by atoms with van der Waals surface area (Å²) >= 11 is 0. The second-order valence-electron chi connectivity index (χ2n) is 9.81. The summed E-state index contributed by atoms with van der Waals surface area (Å²) in [6.07, 6.45) is 0. The molecule has 0 aliphatic carbocycles. The van der Waals surface area contributed by atoms with Crippen LogP contribution in [0.15, 0.2) is 30.3 Å². The molecule has 0 spiro atoms. The first-order valence-corrected chi connectivity index (χ1v) is 17.3. The smallest absolute Gasteiger partial charge is 0.330 e. The number of nitrogens with zero attached hydrogens (tertiary/aromatic N) is 2. The fourth-order valence-corrected chi connectivity index (χ4v) is 4.30. The van der Waals surface area contributed by atoms with Crippen LogP contribution in [0.2, 0.25) is 39.3 Å². The molecule has 0 saturated carbocycles. The monoisotopic (exact) mass is 428 g/mol. The van der Waals surface area contributed by atoms with Gasteiger partial charge in [0.1, 0.15) is 16.1 Å². The molecule has 0 bridgehead atoms. The Kier molecular flexibility index (Phi) is 7.12. The van der Waals surface area contributed by atoms with Crippen LogP contribution in [0.25, 0.3) is 5.53 Å². The molecule has 0 heterocycles. The Labute approximate surface area is 184 Å². The second kappa shape index (κ2) is 9.03. The molecule has 4 heteroatoms. The van der Waals surface area contributed by atoms with Crippen LogP contribution in [0, 0.1) is 43.7 Å². The Morgan fingerprint density at radius 3 is 1.53 bits per heavy atom. The SMILES string of the molecule is Cc1c(C#C[Si](C)(C)C)c(C)c(C(=[N+]=[N-])c2ccccc2)c(C)c1C#C[Si](C)(C)C. The zero-order chi connectivity index (χ0) is 22.7. The summed E-state index contributed by atoms with van der Waals surface area (Å²) in [5.41, 5.74) is 24.6. The van der Waals surface area contributed by atoms with Gasteiger partial charge in [-0.2, -0.15) is 4.79 Å². The van der Waals surface area contributed by atoms with E-state index in [1.54, 1.807) is 0 Å². The summed E-state index contributed by atoms with van der Waals surface area (Å²) in [7, 11) is -3.10. The van der Waals surface area contributed by atoms with Crippen LogP contribution in [-0.2, 0) is 0 Å². The summed E-state index contributed by atoms with van der Waals surface area (Å²) in [6, 6.07) is 9.81. The predicted octanol–water partition coefficient (Wildman–Crippen LogP) is 6.14. The van der Waals surface area contributed by atoms with Crippen LogP contribution in [0.4, 0.5) is 0 Å². The van der Waals surface area contributed by atoms with Crippen LogP contribution in [0.3, 0.4) is 0 Å². The van der Waals surface area contributed by atoms with Crippen LogP contribution >= 0.6 is 0 Å². The average Bonchev–Trinajstić information content (AvgIpc) is 2.63. The van der Waals surface area contributed by atoms with Crippen LogP contribution in [-0.4, -0.2) is 26.6 Å². The van der Waals surface area contributed by atoms with Gasteiger partial charge in [-0.15, -0.1) is 11.1 Å². The van der Waals surface area contributed by atoms with E-state index >= 15 is 0 Å². The van der Waals surface area contributed by atoms with Crippen molar-refractivity contribution < 1.29 is 4.79 Å². The number of hydrogen-bond acceptors (Lipinski definition) is 0. The first kappa shape index (κ1) is 23.7. The fourth-order valence-electron chi connectivity index (χ4n) is 3.30. The molecule has 0 atom stereocenters. The second-order valence-corrected chi connectivity index (χ2v) is 19.3. The van der Waals surface area contributed by atoms with E-state index in [-0.39, 0.29) is 0 Å². The normalized spacial score (nSPS) is 11.0. The standard InChI is InChI=1S/C26H32N2Si2/c1-19-23(15-17-29(4,5)6)20(2)25(21(3)24(19)16-18-30(7,8)9)26(28-27)22-13-11-10-12-14-22/h10-14H,1-9H3. The van der Waals surface area contributed by atoms with Crippen molar-refractivity contribution in [3.05, 3.63) is 74.8 Å². The molecule has 0 saturated heterocycles. The van der Waals surface area contributed by atoms with Gasteiger partial charge in [0.2, 0.25) is 0 Å². The lowest BCUT2D eigenvalue weighted by Gasteiger charge is -2.16. The van der Waals surface area contributed by atoms with Gasteiger partial charge < -0.3 is 5.53 Å². The molecule has 2 nitrogen and oxygen atoms in total. The van der Waals surface area contributed by atoms with Crippen molar-refractivity contribution in [2.45, 2.75) is 60.1 Å². The summed E-state index contributed by atoms with van der Waals surface area (Å²) in [5, 5.41) is 0. The maximum absolute atomic E-state index is 9.98. The third kappa shape index (κ3) is 5.71. The molecule has 2 aromatic carbocycles. The quantitative estimate of drug-likeness (QED) is 0.181. The summed E-state index contributed by atoms with van der Waals surface area (Å²) < 4.78 is 0. The van der Waals surface area contributed by atoms with Gasteiger partial charge in [0.15, 0.2) is 0 Å². The highest BCUT2D eigenvalue weighted by atomic mass is 28.3. The van der Waals surface area contributed by atoms with Gasteiger partial charge >= 0.3 is 5.71 Å². The molecule has 0 N–H and O–H groups in total. The van der Waals surface area contributed by atoms with Gasteiger partial charge in [0.05, 0.1) is 11.1 Å². The molecule has 0 fully saturated rings. The highest BCUT2D eigenvalue weighted by Crippen LogP contribution is 2.28. The van der Waals surface area contributed by atoms with Crippen molar-refractivity contribution in [1.29, 1.82) is 0 Å². The molecule has 0 radical (unpaired) electrons. The Hall–Kier alpha value is -2.63. The summed E-state index contributed by atoms with van der Waals surface area (Å²) in [5.74, 6) is 6.95. The van der Waals surface area contributed by atoms with E-state index < -0.39 is 16.1 Å². The molecule has 2 aromatic rings. The lowest BCUT2D eigenvalue weighted by molar-refractivity contribution is -0.00287. The Morgan fingerprint density at radius 1 is 0.733 bits per heavy atom. The molecule has 154 valence electrons. The Bertz CT molecular complexity index is 1070. The van der Waals surface area contributed by atoms with Crippen LogP contribution in [0.1, 0.15) is 38.9 Å². The van der Waals surface area contributed by atoms with Crippen LogP contribution < -0.4 is 0 Å². The lowest BCUT2D eigenvalue weighted by Crippen LogP contribution is -2.18. The van der Waals surface area contributed by atoms with E-state index in [0.717, 1.165) is 38.9 Å². The van der Waals surface area contributed by atoms with Gasteiger partial charge in [-0.3, -0.25) is 0 Å². The lowest BCUT2D eigenvalue weighted by atomic mass is 9.85. The molecule has 0 unspecified atom stereocenters. The topological polar surface area (TPSA) is 36.4 Å². The first-order valence-electron chi connectivity index (χ1n) is 10.3. The highest BCUT2D eigenvalue weighted by Gasteiger charge is 2.25. The van der Waals surface area contributed by atoms with E-state index in [4.69, 9.17) is 0 Å². The molecule has 0 aliphatic heterocycles. The van der Waals surface area contributed by atoms with Crippen molar-refractivity contribution in [3.8, 4) is 22.9 Å². The predicted molar refractivity (Wildman–Crippen MR) is 134 cm³/mol. The molecule has 0 aliphatic rings. The van der Waals surface area contributed by atoms with Crippen molar-refractivity contribution in [2.75, 3.05) is 0 Å². The number of rotatable bonds is 2. The van der Waals surface area contributed by atoms with E-state index in [1.165, 1.54) is 0 Å². The molecular weight excluding hydrogens is 396 g/mol. The van der Waals surface area contributed by atoms with Crippen molar-refractivity contribution in [3.63, 3.8) is 0 Å². The van der Waals surface area contributed by atoms with Crippen molar-refractivity contribution in [2.24, 2.45) is 0 Å². The number of benzene rings is 2. The van der Waals surface area contributed by atoms with Gasteiger partial charge in [0, 0.05) is 11.1 Å². The largest absolute Gasteiger partial charge is 0.361 e. The average molecular weight is 429 g/mol. The Balaban J connectivity index is 2.95. The zero-order valence-electron chi connectivity index (χ0n) is 19.8. The van der Waals surface area contributed by atoms with Gasteiger partial charge in [-0.05, 0) is 49.6 Å². The summed E-state index contributed by atoms with van der Waals surface area (Å²) in [4.78, 5) is 3.72. The van der Waals surface area contributed by atoms with Crippen molar-refractivity contribution >= 4 is 21.9 Å². The minimum absolute atomic E-state index is 0.567. The Morgan fingerprint density at radius 2 is 1.17 bits per heavy atom. The summed E-state index contributed by atoms with van der Waals surface area (Å²) in [6.45, 7) is 19.7. The number of hydrogen-bond donors (Lipinski definition) is 0. The molecule has 30 heavy (non-hydrogen) atoms. The van der Waals surface area contributed by atoms with E-state index in [9.17, 15) is 5.53 Å². The van der Waals surface area contributed by atoms with Crippen molar-refractivity contribution in [1.82, 2.24) is 0 Å².